The molecule has 1 unspecified atom stereocenters. The molecule has 21 heavy (non-hydrogen) atoms. The fourth-order valence-electron chi connectivity index (χ4n) is 2.68. The molecule has 1 aromatic carbocycles. The van der Waals surface area contributed by atoms with Crippen LogP contribution < -0.4 is 0 Å². The van der Waals surface area contributed by atoms with Crippen LogP contribution in [0, 0.1) is 6.92 Å². The van der Waals surface area contributed by atoms with E-state index in [0.29, 0.717) is 11.8 Å². The number of nitrogens with zero attached hydrogens (tertiary/aromatic N) is 2. The molecule has 3 rings (SSSR count). The van der Waals surface area contributed by atoms with Crippen LogP contribution in [0.1, 0.15) is 11.1 Å². The Morgan fingerprint density at radius 1 is 1.43 bits per heavy atom. The van der Waals surface area contributed by atoms with E-state index in [2.05, 4.69) is 28.1 Å². The lowest BCUT2D eigenvalue weighted by Gasteiger charge is -2.32. The van der Waals surface area contributed by atoms with E-state index >= 15 is 0 Å². The Morgan fingerprint density at radius 3 is 3.10 bits per heavy atom. The molecule has 0 amide bonds. The van der Waals surface area contributed by atoms with Gasteiger partial charge >= 0.3 is 0 Å². The standard InChI is InChI=1S/C16H19ClN2O2/c1-11-2-3-12-7-13(16(17)18-15(12)6-11)8-19-4-5-21-14(9-19)10-20/h2-3,6-7,14,20H,4-5,8-10H2,1H3. The predicted molar refractivity (Wildman–Crippen MR) is 83.6 cm³/mol. The number of aryl methyl sites for hydroxylation is 1. The first-order chi connectivity index (χ1) is 10.2. The third-order valence-corrected chi connectivity index (χ3v) is 4.15. The van der Waals surface area contributed by atoms with Crippen molar-refractivity contribution in [3.63, 3.8) is 0 Å². The molecular formula is C16H19ClN2O2. The molecule has 4 nitrogen and oxygen atoms in total. The summed E-state index contributed by atoms with van der Waals surface area (Å²) in [6.45, 7) is 5.04. The molecule has 1 aliphatic rings. The summed E-state index contributed by atoms with van der Waals surface area (Å²) in [5, 5.41) is 10.9. The van der Waals surface area contributed by atoms with E-state index in [4.69, 9.17) is 16.3 Å². The van der Waals surface area contributed by atoms with Crippen LogP contribution >= 0.6 is 11.6 Å². The van der Waals surface area contributed by atoms with E-state index in [1.807, 2.05) is 13.0 Å². The Balaban J connectivity index is 1.83. The third kappa shape index (κ3) is 3.35. The first-order valence-corrected chi connectivity index (χ1v) is 7.54. The van der Waals surface area contributed by atoms with Gasteiger partial charge in [0.1, 0.15) is 5.15 Å². The van der Waals surface area contributed by atoms with Gasteiger partial charge in [-0.15, -0.1) is 0 Å². The Kier molecular flexibility index (Phi) is 4.40. The molecule has 1 aromatic heterocycles. The number of ether oxygens (including phenoxy) is 1. The number of aliphatic hydroxyl groups excluding tert-OH is 1. The van der Waals surface area contributed by atoms with Crippen molar-refractivity contribution in [3.05, 3.63) is 40.5 Å². The zero-order valence-corrected chi connectivity index (χ0v) is 12.8. The van der Waals surface area contributed by atoms with Crippen molar-refractivity contribution in [2.75, 3.05) is 26.3 Å². The number of aromatic nitrogens is 1. The number of hydrogen-bond donors (Lipinski definition) is 1. The highest BCUT2D eigenvalue weighted by Crippen LogP contribution is 2.23. The number of aliphatic hydroxyl groups is 1. The predicted octanol–water partition coefficient (Wildman–Crippen LogP) is 2.39. The number of morpholine rings is 1. The third-order valence-electron chi connectivity index (χ3n) is 3.82. The Hall–Kier alpha value is -1.20. The van der Waals surface area contributed by atoms with Crippen molar-refractivity contribution in [3.8, 4) is 0 Å². The van der Waals surface area contributed by atoms with Crippen molar-refractivity contribution in [1.29, 1.82) is 0 Å². The molecular weight excluding hydrogens is 288 g/mol. The average molecular weight is 307 g/mol. The van der Waals surface area contributed by atoms with Crippen molar-refractivity contribution < 1.29 is 9.84 Å². The topological polar surface area (TPSA) is 45.6 Å². The highest BCUT2D eigenvalue weighted by atomic mass is 35.5. The minimum absolute atomic E-state index is 0.0550. The summed E-state index contributed by atoms with van der Waals surface area (Å²) < 4.78 is 5.47. The Morgan fingerprint density at radius 2 is 2.29 bits per heavy atom. The normalized spacial score (nSPS) is 20.0. The largest absolute Gasteiger partial charge is 0.394 e. The smallest absolute Gasteiger partial charge is 0.134 e. The van der Waals surface area contributed by atoms with Crippen LogP contribution in [-0.4, -0.2) is 47.4 Å². The number of pyridine rings is 1. The SMILES string of the molecule is Cc1ccc2cc(CN3CCOC(CO)C3)c(Cl)nc2c1. The molecule has 1 fully saturated rings. The molecule has 112 valence electrons. The molecule has 1 saturated heterocycles. The molecule has 0 bridgehead atoms. The van der Waals surface area contributed by atoms with Gasteiger partial charge in [-0.3, -0.25) is 4.90 Å². The van der Waals surface area contributed by atoms with Gasteiger partial charge in [-0.05, 0) is 24.6 Å². The van der Waals surface area contributed by atoms with E-state index in [0.717, 1.165) is 36.1 Å². The Bertz CT molecular complexity index is 647. The second kappa shape index (κ2) is 6.28. The first kappa shape index (κ1) is 14.7. The van der Waals surface area contributed by atoms with Crippen LogP contribution in [0.25, 0.3) is 10.9 Å². The first-order valence-electron chi connectivity index (χ1n) is 7.16. The zero-order chi connectivity index (χ0) is 14.8. The quantitative estimate of drug-likeness (QED) is 0.885. The number of benzene rings is 1. The van der Waals surface area contributed by atoms with Gasteiger partial charge in [0, 0.05) is 30.6 Å². The van der Waals surface area contributed by atoms with Gasteiger partial charge in [0.25, 0.3) is 0 Å². The maximum atomic E-state index is 9.21. The molecule has 2 aromatic rings. The van der Waals surface area contributed by atoms with Gasteiger partial charge < -0.3 is 9.84 Å². The second-order valence-corrected chi connectivity index (χ2v) is 5.90. The van der Waals surface area contributed by atoms with Crippen LogP contribution in [0.4, 0.5) is 0 Å². The van der Waals surface area contributed by atoms with E-state index in [9.17, 15) is 5.11 Å². The summed E-state index contributed by atoms with van der Waals surface area (Å²) in [6.07, 6.45) is -0.103. The molecule has 1 N–H and O–H groups in total. The fourth-order valence-corrected chi connectivity index (χ4v) is 2.89. The summed E-state index contributed by atoms with van der Waals surface area (Å²) in [6, 6.07) is 8.31. The van der Waals surface area contributed by atoms with Gasteiger partial charge in [-0.1, -0.05) is 23.7 Å². The number of hydrogen-bond acceptors (Lipinski definition) is 4. The molecule has 5 heteroatoms. The lowest BCUT2D eigenvalue weighted by Crippen LogP contribution is -2.43. The van der Waals surface area contributed by atoms with Gasteiger partial charge in [0.15, 0.2) is 0 Å². The maximum absolute atomic E-state index is 9.21. The molecule has 2 heterocycles. The lowest BCUT2D eigenvalue weighted by atomic mass is 10.1. The maximum Gasteiger partial charge on any atom is 0.134 e. The molecule has 0 radical (unpaired) electrons. The van der Waals surface area contributed by atoms with Crippen LogP contribution in [0.3, 0.4) is 0 Å². The summed E-state index contributed by atoms with van der Waals surface area (Å²) in [4.78, 5) is 6.74. The monoisotopic (exact) mass is 306 g/mol. The minimum atomic E-state index is -0.103. The summed E-state index contributed by atoms with van der Waals surface area (Å²) in [5.41, 5.74) is 3.13. The average Bonchev–Trinajstić information content (AvgIpc) is 2.48. The van der Waals surface area contributed by atoms with Gasteiger partial charge in [-0.25, -0.2) is 4.98 Å². The molecule has 0 spiro atoms. The van der Waals surface area contributed by atoms with E-state index in [1.165, 1.54) is 5.56 Å². The molecule has 0 aliphatic carbocycles. The van der Waals surface area contributed by atoms with Gasteiger partial charge in [0.2, 0.25) is 0 Å². The van der Waals surface area contributed by atoms with Crippen molar-refractivity contribution in [2.24, 2.45) is 0 Å². The second-order valence-electron chi connectivity index (χ2n) is 5.54. The highest BCUT2D eigenvalue weighted by Gasteiger charge is 2.20. The number of fused-ring (bicyclic) bond motifs is 1. The van der Waals surface area contributed by atoms with E-state index in [-0.39, 0.29) is 12.7 Å². The van der Waals surface area contributed by atoms with Crippen LogP contribution in [0.5, 0.6) is 0 Å². The fraction of sp³-hybridized carbons (Fsp3) is 0.438. The number of halogens is 1. The summed E-state index contributed by atoms with van der Waals surface area (Å²) in [7, 11) is 0. The van der Waals surface area contributed by atoms with Gasteiger partial charge in [0.05, 0.1) is 24.8 Å². The zero-order valence-electron chi connectivity index (χ0n) is 12.1. The van der Waals surface area contributed by atoms with Crippen LogP contribution in [-0.2, 0) is 11.3 Å². The van der Waals surface area contributed by atoms with Crippen molar-refractivity contribution in [2.45, 2.75) is 19.6 Å². The van der Waals surface area contributed by atoms with E-state index in [1.54, 1.807) is 0 Å². The van der Waals surface area contributed by atoms with Crippen molar-refractivity contribution in [1.82, 2.24) is 9.88 Å². The van der Waals surface area contributed by atoms with Crippen LogP contribution in [0.15, 0.2) is 24.3 Å². The lowest BCUT2D eigenvalue weighted by molar-refractivity contribution is -0.0551. The van der Waals surface area contributed by atoms with Crippen LogP contribution in [0.2, 0.25) is 5.15 Å². The van der Waals surface area contributed by atoms with E-state index < -0.39 is 0 Å². The number of rotatable bonds is 3. The molecule has 0 saturated carbocycles. The molecule has 1 aliphatic heterocycles. The summed E-state index contributed by atoms with van der Waals surface area (Å²) in [5.74, 6) is 0. The molecule has 1 atom stereocenters. The Labute approximate surface area is 129 Å². The van der Waals surface area contributed by atoms with Gasteiger partial charge in [-0.2, -0.15) is 0 Å². The minimum Gasteiger partial charge on any atom is -0.394 e. The highest BCUT2D eigenvalue weighted by molar-refractivity contribution is 6.30. The summed E-state index contributed by atoms with van der Waals surface area (Å²) >= 11 is 6.33. The van der Waals surface area contributed by atoms with Crippen molar-refractivity contribution >= 4 is 22.5 Å².